The fraction of sp³-hybridized carbons (Fsp3) is 0.391. The zero-order valence-electron chi connectivity index (χ0n) is 16.4. The van der Waals surface area contributed by atoms with Gasteiger partial charge in [-0.1, -0.05) is 51.2 Å². The van der Waals surface area contributed by atoms with E-state index in [9.17, 15) is 0 Å². The summed E-state index contributed by atoms with van der Waals surface area (Å²) in [6.45, 7) is 3.04. The second kappa shape index (κ2) is 9.91. The molecule has 0 aliphatic rings. The highest BCUT2D eigenvalue weighted by molar-refractivity contribution is 5.83. The lowest BCUT2D eigenvalue weighted by Gasteiger charge is -2.06. The zero-order chi connectivity index (χ0) is 18.9. The van der Waals surface area contributed by atoms with E-state index < -0.39 is 0 Å². The van der Waals surface area contributed by atoms with E-state index >= 15 is 0 Å². The van der Waals surface area contributed by atoms with Crippen molar-refractivity contribution in [3.8, 4) is 5.75 Å². The molecule has 0 radical (unpaired) electrons. The maximum atomic E-state index is 5.83. The molecule has 0 bridgehead atoms. The third-order valence-corrected chi connectivity index (χ3v) is 4.74. The normalized spacial score (nSPS) is 11.5. The van der Waals surface area contributed by atoms with Crippen LogP contribution in [-0.2, 0) is 7.05 Å². The summed E-state index contributed by atoms with van der Waals surface area (Å²) in [5.74, 6) is 1.63. The number of benzene rings is 2. The number of aliphatic imine (C=N–C) groups is 1. The highest BCUT2D eigenvalue weighted by atomic mass is 16.5. The van der Waals surface area contributed by atoms with E-state index in [1.165, 1.54) is 32.1 Å². The van der Waals surface area contributed by atoms with Crippen LogP contribution in [0.25, 0.3) is 11.0 Å². The van der Waals surface area contributed by atoms with E-state index in [4.69, 9.17) is 4.74 Å². The van der Waals surface area contributed by atoms with Crippen LogP contribution in [0.4, 0.5) is 5.95 Å². The molecule has 4 nitrogen and oxygen atoms in total. The molecule has 3 rings (SSSR count). The Labute approximate surface area is 161 Å². The van der Waals surface area contributed by atoms with E-state index in [1.807, 2.05) is 60.3 Å². The first-order chi connectivity index (χ1) is 13.3. The van der Waals surface area contributed by atoms with Crippen molar-refractivity contribution in [1.82, 2.24) is 9.55 Å². The van der Waals surface area contributed by atoms with Gasteiger partial charge in [0.1, 0.15) is 5.75 Å². The van der Waals surface area contributed by atoms with Crippen molar-refractivity contribution in [1.29, 1.82) is 0 Å². The first kappa shape index (κ1) is 19.2. The Morgan fingerprint density at radius 1 is 0.963 bits per heavy atom. The number of hydrogen-bond donors (Lipinski definition) is 0. The van der Waals surface area contributed by atoms with Crippen LogP contribution in [0.1, 0.15) is 51.0 Å². The predicted molar refractivity (Wildman–Crippen MR) is 113 cm³/mol. The molecule has 0 N–H and O–H groups in total. The van der Waals surface area contributed by atoms with Crippen molar-refractivity contribution in [2.75, 3.05) is 6.61 Å². The van der Waals surface area contributed by atoms with Gasteiger partial charge in [-0.15, -0.1) is 0 Å². The van der Waals surface area contributed by atoms with Gasteiger partial charge >= 0.3 is 0 Å². The molecule has 0 aliphatic heterocycles. The predicted octanol–water partition coefficient (Wildman–Crippen LogP) is 6.06. The molecule has 27 heavy (non-hydrogen) atoms. The summed E-state index contributed by atoms with van der Waals surface area (Å²) in [6, 6.07) is 16.1. The van der Waals surface area contributed by atoms with Crippen molar-refractivity contribution in [2.24, 2.45) is 12.0 Å². The van der Waals surface area contributed by atoms with Crippen molar-refractivity contribution in [2.45, 2.75) is 45.4 Å². The summed E-state index contributed by atoms with van der Waals surface area (Å²) >= 11 is 0. The van der Waals surface area contributed by atoms with Crippen LogP contribution < -0.4 is 4.74 Å². The molecule has 0 atom stereocenters. The molecule has 3 aromatic rings. The van der Waals surface area contributed by atoms with E-state index in [0.29, 0.717) is 5.95 Å². The average molecular weight is 364 g/mol. The summed E-state index contributed by atoms with van der Waals surface area (Å²) in [5, 5.41) is 0. The molecule has 1 heterocycles. The minimum Gasteiger partial charge on any atom is -0.494 e. The fourth-order valence-electron chi connectivity index (χ4n) is 3.10. The fourth-order valence-corrected chi connectivity index (χ4v) is 3.10. The van der Waals surface area contributed by atoms with Crippen LogP contribution in [0.5, 0.6) is 5.75 Å². The van der Waals surface area contributed by atoms with E-state index in [1.54, 1.807) is 0 Å². The van der Waals surface area contributed by atoms with Gasteiger partial charge in [0, 0.05) is 13.3 Å². The number of unbranched alkanes of at least 4 members (excludes halogenated alkanes) is 5. The van der Waals surface area contributed by atoms with E-state index in [0.717, 1.165) is 35.4 Å². The summed E-state index contributed by atoms with van der Waals surface area (Å²) < 4.78 is 7.83. The molecule has 0 spiro atoms. The Morgan fingerprint density at radius 2 is 1.70 bits per heavy atom. The molecular weight excluding hydrogens is 334 g/mol. The number of hydrogen-bond acceptors (Lipinski definition) is 3. The Hall–Kier alpha value is -2.62. The highest BCUT2D eigenvalue weighted by Gasteiger charge is 2.04. The van der Waals surface area contributed by atoms with Crippen molar-refractivity contribution in [3.05, 3.63) is 54.1 Å². The monoisotopic (exact) mass is 363 g/mol. The minimum absolute atomic E-state index is 0.708. The number of aryl methyl sites for hydroxylation is 1. The molecule has 142 valence electrons. The van der Waals surface area contributed by atoms with Gasteiger partial charge < -0.3 is 9.30 Å². The molecule has 4 heteroatoms. The quantitative estimate of drug-likeness (QED) is 0.324. The van der Waals surface area contributed by atoms with Gasteiger partial charge in [0.25, 0.3) is 0 Å². The molecule has 2 aromatic carbocycles. The average Bonchev–Trinajstić information content (AvgIpc) is 3.03. The van der Waals surface area contributed by atoms with Gasteiger partial charge in [0.2, 0.25) is 5.95 Å². The first-order valence-corrected chi connectivity index (χ1v) is 9.96. The number of imidazole rings is 1. The van der Waals surface area contributed by atoms with Gasteiger partial charge in [-0.3, -0.25) is 0 Å². The van der Waals surface area contributed by atoms with E-state index in [-0.39, 0.29) is 0 Å². The summed E-state index contributed by atoms with van der Waals surface area (Å²) in [6.07, 6.45) is 9.52. The SMILES string of the molecule is CCCCCCCCOc1ccc(C=Nc2nc3ccccc3n2C)cc1. The van der Waals surface area contributed by atoms with Gasteiger partial charge in [-0.05, 0) is 48.4 Å². The van der Waals surface area contributed by atoms with Crippen molar-refractivity contribution >= 4 is 23.2 Å². The van der Waals surface area contributed by atoms with Gasteiger partial charge in [-0.2, -0.15) is 0 Å². The third kappa shape index (κ3) is 5.43. The molecule has 0 saturated heterocycles. The smallest absolute Gasteiger partial charge is 0.230 e. The molecular formula is C23H29N3O. The molecule has 0 unspecified atom stereocenters. The lowest BCUT2D eigenvalue weighted by molar-refractivity contribution is 0.304. The topological polar surface area (TPSA) is 39.4 Å². The molecule has 0 amide bonds. The van der Waals surface area contributed by atoms with Gasteiger partial charge in [0.05, 0.1) is 17.6 Å². The van der Waals surface area contributed by atoms with E-state index in [2.05, 4.69) is 23.0 Å². The van der Waals surface area contributed by atoms with Crippen LogP contribution in [0.2, 0.25) is 0 Å². The van der Waals surface area contributed by atoms with Crippen LogP contribution in [0.15, 0.2) is 53.5 Å². The number of rotatable bonds is 10. The largest absolute Gasteiger partial charge is 0.494 e. The molecule has 1 aromatic heterocycles. The van der Waals surface area contributed by atoms with Crippen LogP contribution >= 0.6 is 0 Å². The van der Waals surface area contributed by atoms with Gasteiger partial charge in [0.15, 0.2) is 0 Å². The second-order valence-corrected chi connectivity index (χ2v) is 6.90. The summed E-state index contributed by atoms with van der Waals surface area (Å²) in [7, 11) is 1.99. The van der Waals surface area contributed by atoms with Crippen LogP contribution in [0, 0.1) is 0 Å². The lowest BCUT2D eigenvalue weighted by atomic mass is 10.1. The molecule has 0 saturated carbocycles. The number of nitrogens with zero attached hydrogens (tertiary/aromatic N) is 3. The first-order valence-electron chi connectivity index (χ1n) is 9.96. The summed E-state index contributed by atoms with van der Waals surface area (Å²) in [4.78, 5) is 9.10. The van der Waals surface area contributed by atoms with Crippen molar-refractivity contribution in [3.63, 3.8) is 0 Å². The number of ether oxygens (including phenoxy) is 1. The Bertz CT molecular complexity index is 865. The lowest BCUT2D eigenvalue weighted by Crippen LogP contribution is -1.97. The maximum absolute atomic E-state index is 5.83. The van der Waals surface area contributed by atoms with Crippen molar-refractivity contribution < 1.29 is 4.74 Å². The van der Waals surface area contributed by atoms with Crippen LogP contribution in [-0.4, -0.2) is 22.4 Å². The minimum atomic E-state index is 0.708. The molecule has 0 aliphatic carbocycles. The molecule has 0 fully saturated rings. The Morgan fingerprint density at radius 3 is 2.48 bits per heavy atom. The number of para-hydroxylation sites is 2. The highest BCUT2D eigenvalue weighted by Crippen LogP contribution is 2.20. The number of fused-ring (bicyclic) bond motifs is 1. The zero-order valence-corrected chi connectivity index (χ0v) is 16.4. The second-order valence-electron chi connectivity index (χ2n) is 6.90. The Balaban J connectivity index is 1.50. The Kier molecular flexibility index (Phi) is 7.03. The maximum Gasteiger partial charge on any atom is 0.230 e. The summed E-state index contributed by atoms with van der Waals surface area (Å²) in [5.41, 5.74) is 3.09. The van der Waals surface area contributed by atoms with Gasteiger partial charge in [-0.25, -0.2) is 9.98 Å². The third-order valence-electron chi connectivity index (χ3n) is 4.74. The van der Waals surface area contributed by atoms with Crippen LogP contribution in [0.3, 0.4) is 0 Å². The standard InChI is InChI=1S/C23H29N3O/c1-3-4-5-6-7-10-17-27-20-15-13-19(14-16-20)18-24-23-25-21-11-8-9-12-22(21)26(23)2/h8-9,11-16,18H,3-7,10,17H2,1-2H3. The number of aromatic nitrogens is 2.